The van der Waals surface area contributed by atoms with Crippen molar-refractivity contribution in [3.05, 3.63) is 35.0 Å². The van der Waals surface area contributed by atoms with E-state index < -0.39 is 0 Å². The molecule has 0 saturated heterocycles. The van der Waals surface area contributed by atoms with Gasteiger partial charge in [0.15, 0.2) is 0 Å². The van der Waals surface area contributed by atoms with Gasteiger partial charge < -0.3 is 5.43 Å². The van der Waals surface area contributed by atoms with Gasteiger partial charge in [-0.1, -0.05) is 25.5 Å². The number of pyridine rings is 1. The molecule has 2 rings (SSSR count). The van der Waals surface area contributed by atoms with Gasteiger partial charge in [-0.05, 0) is 31.9 Å². The van der Waals surface area contributed by atoms with Crippen molar-refractivity contribution >= 4 is 16.6 Å². The third-order valence-corrected chi connectivity index (χ3v) is 3.09. The minimum absolute atomic E-state index is 0.401. The Hall–Kier alpha value is -1.61. The molecule has 3 heteroatoms. The van der Waals surface area contributed by atoms with E-state index in [2.05, 4.69) is 43.3 Å². The average molecular weight is 229 g/mol. The molecule has 17 heavy (non-hydrogen) atoms. The normalized spacial score (nSPS) is 11.2. The first-order valence-corrected chi connectivity index (χ1v) is 5.92. The lowest BCUT2D eigenvalue weighted by Crippen LogP contribution is -2.12. The van der Waals surface area contributed by atoms with Gasteiger partial charge in [0.05, 0.1) is 11.2 Å². The molecule has 0 aliphatic carbocycles. The van der Waals surface area contributed by atoms with Crippen LogP contribution >= 0.6 is 0 Å². The standard InChI is InChI=1S/C14H19N3/c1-8(2)13-10(4)16-12-6-5-9(3)7-11(12)14(13)17-15/h5-8H,15H2,1-4H3,(H,16,17). The Morgan fingerprint density at radius 1 is 1.24 bits per heavy atom. The highest BCUT2D eigenvalue weighted by Gasteiger charge is 2.14. The molecular weight excluding hydrogens is 210 g/mol. The van der Waals surface area contributed by atoms with Gasteiger partial charge in [0.2, 0.25) is 0 Å². The number of aryl methyl sites for hydroxylation is 2. The van der Waals surface area contributed by atoms with Gasteiger partial charge in [-0.15, -0.1) is 0 Å². The highest BCUT2D eigenvalue weighted by atomic mass is 15.2. The van der Waals surface area contributed by atoms with Crippen molar-refractivity contribution in [1.29, 1.82) is 0 Å². The lowest BCUT2D eigenvalue weighted by molar-refractivity contribution is 0.848. The van der Waals surface area contributed by atoms with Crippen LogP contribution in [0.4, 0.5) is 5.69 Å². The van der Waals surface area contributed by atoms with Crippen LogP contribution in [0.5, 0.6) is 0 Å². The molecule has 0 aliphatic rings. The number of rotatable bonds is 2. The maximum atomic E-state index is 5.70. The van der Waals surface area contributed by atoms with E-state index in [4.69, 9.17) is 5.84 Å². The summed E-state index contributed by atoms with van der Waals surface area (Å²) in [6, 6.07) is 6.25. The summed E-state index contributed by atoms with van der Waals surface area (Å²) in [6.45, 7) is 8.43. The number of hydrogen-bond acceptors (Lipinski definition) is 3. The van der Waals surface area contributed by atoms with Gasteiger partial charge in [-0.25, -0.2) is 0 Å². The van der Waals surface area contributed by atoms with Crippen LogP contribution < -0.4 is 11.3 Å². The molecule has 0 unspecified atom stereocenters. The number of hydrogen-bond donors (Lipinski definition) is 2. The predicted octanol–water partition coefficient (Wildman–Crippen LogP) is 3.26. The van der Waals surface area contributed by atoms with Crippen LogP contribution in [0.2, 0.25) is 0 Å². The molecule has 0 amide bonds. The number of hydrazine groups is 1. The number of fused-ring (bicyclic) bond motifs is 1. The monoisotopic (exact) mass is 229 g/mol. The summed E-state index contributed by atoms with van der Waals surface area (Å²) in [5, 5.41) is 1.10. The minimum atomic E-state index is 0.401. The topological polar surface area (TPSA) is 50.9 Å². The molecule has 3 nitrogen and oxygen atoms in total. The van der Waals surface area contributed by atoms with Crippen LogP contribution in [0.25, 0.3) is 10.9 Å². The molecule has 90 valence electrons. The van der Waals surface area contributed by atoms with Crippen LogP contribution in [0, 0.1) is 13.8 Å². The number of benzene rings is 1. The van der Waals surface area contributed by atoms with E-state index in [1.165, 1.54) is 11.1 Å². The Balaban J connectivity index is 2.87. The van der Waals surface area contributed by atoms with Crippen LogP contribution in [-0.4, -0.2) is 4.98 Å². The molecule has 1 aromatic heterocycles. The molecule has 2 aromatic rings. The van der Waals surface area contributed by atoms with Crippen LogP contribution in [0.1, 0.15) is 36.6 Å². The van der Waals surface area contributed by atoms with Crippen molar-refractivity contribution in [1.82, 2.24) is 4.98 Å². The van der Waals surface area contributed by atoms with Gasteiger partial charge >= 0.3 is 0 Å². The fourth-order valence-corrected chi connectivity index (χ4v) is 2.38. The Kier molecular flexibility index (Phi) is 3.03. The van der Waals surface area contributed by atoms with Gasteiger partial charge in [0, 0.05) is 16.6 Å². The molecule has 0 atom stereocenters. The van der Waals surface area contributed by atoms with E-state index in [1.54, 1.807) is 0 Å². The van der Waals surface area contributed by atoms with Crippen LogP contribution in [-0.2, 0) is 0 Å². The van der Waals surface area contributed by atoms with Crippen molar-refractivity contribution in [2.75, 3.05) is 5.43 Å². The van der Waals surface area contributed by atoms with E-state index >= 15 is 0 Å². The third-order valence-electron chi connectivity index (χ3n) is 3.09. The van der Waals surface area contributed by atoms with Crippen molar-refractivity contribution in [3.8, 4) is 0 Å². The highest BCUT2D eigenvalue weighted by Crippen LogP contribution is 2.33. The molecule has 0 saturated carbocycles. The first-order valence-electron chi connectivity index (χ1n) is 5.92. The number of nitrogens with one attached hydrogen (secondary N) is 1. The van der Waals surface area contributed by atoms with Gasteiger partial charge in [0.1, 0.15) is 0 Å². The van der Waals surface area contributed by atoms with Crippen molar-refractivity contribution in [3.63, 3.8) is 0 Å². The highest BCUT2D eigenvalue weighted by molar-refractivity contribution is 5.93. The number of aromatic nitrogens is 1. The second-order valence-electron chi connectivity index (χ2n) is 4.81. The van der Waals surface area contributed by atoms with Gasteiger partial charge in [-0.3, -0.25) is 10.8 Å². The summed E-state index contributed by atoms with van der Waals surface area (Å²) in [5.74, 6) is 6.10. The SMILES string of the molecule is Cc1ccc2nc(C)c(C(C)C)c(NN)c2c1. The van der Waals surface area contributed by atoms with E-state index in [9.17, 15) is 0 Å². The van der Waals surface area contributed by atoms with Crippen molar-refractivity contribution in [2.24, 2.45) is 5.84 Å². The Bertz CT molecular complexity index is 559. The molecule has 3 N–H and O–H groups in total. The molecule has 0 fully saturated rings. The quantitative estimate of drug-likeness (QED) is 0.614. The minimum Gasteiger partial charge on any atom is -0.323 e. The summed E-state index contributed by atoms with van der Waals surface area (Å²) >= 11 is 0. The second-order valence-corrected chi connectivity index (χ2v) is 4.81. The molecule has 0 radical (unpaired) electrons. The fraction of sp³-hybridized carbons (Fsp3) is 0.357. The smallest absolute Gasteiger partial charge is 0.0726 e. The molecule has 1 heterocycles. The van der Waals surface area contributed by atoms with Crippen LogP contribution in [0.3, 0.4) is 0 Å². The van der Waals surface area contributed by atoms with E-state index in [-0.39, 0.29) is 0 Å². The zero-order valence-electron chi connectivity index (χ0n) is 10.8. The first kappa shape index (κ1) is 11.9. The maximum Gasteiger partial charge on any atom is 0.0726 e. The second kappa shape index (κ2) is 4.34. The Morgan fingerprint density at radius 3 is 2.53 bits per heavy atom. The number of nitrogens with zero attached hydrogens (tertiary/aromatic N) is 1. The predicted molar refractivity (Wildman–Crippen MR) is 73.1 cm³/mol. The van der Waals surface area contributed by atoms with Gasteiger partial charge in [-0.2, -0.15) is 0 Å². The average Bonchev–Trinajstić information content (AvgIpc) is 2.27. The van der Waals surface area contributed by atoms with E-state index in [0.29, 0.717) is 5.92 Å². The molecule has 0 spiro atoms. The van der Waals surface area contributed by atoms with Crippen molar-refractivity contribution < 1.29 is 0 Å². The van der Waals surface area contributed by atoms with Gasteiger partial charge in [0.25, 0.3) is 0 Å². The molecule has 0 bridgehead atoms. The largest absolute Gasteiger partial charge is 0.323 e. The number of anilines is 1. The summed E-state index contributed by atoms with van der Waals surface area (Å²) in [5.41, 5.74) is 8.31. The van der Waals surface area contributed by atoms with Crippen molar-refractivity contribution in [2.45, 2.75) is 33.6 Å². The molecule has 0 aliphatic heterocycles. The number of nitrogens with two attached hydrogens (primary N) is 1. The summed E-state index contributed by atoms with van der Waals surface area (Å²) in [7, 11) is 0. The lowest BCUT2D eigenvalue weighted by Gasteiger charge is -2.17. The van der Waals surface area contributed by atoms with E-state index in [0.717, 1.165) is 22.3 Å². The summed E-state index contributed by atoms with van der Waals surface area (Å²) < 4.78 is 0. The number of nitrogen functional groups attached to an aromatic ring is 1. The molecule has 1 aromatic carbocycles. The summed E-state index contributed by atoms with van der Waals surface area (Å²) in [4.78, 5) is 4.65. The van der Waals surface area contributed by atoms with Crippen LogP contribution in [0.15, 0.2) is 18.2 Å². The zero-order valence-corrected chi connectivity index (χ0v) is 10.8. The summed E-state index contributed by atoms with van der Waals surface area (Å²) in [6.07, 6.45) is 0. The Morgan fingerprint density at radius 2 is 1.94 bits per heavy atom. The molecular formula is C14H19N3. The maximum absolute atomic E-state index is 5.70. The fourth-order valence-electron chi connectivity index (χ4n) is 2.38. The first-order chi connectivity index (χ1) is 8.04. The lowest BCUT2D eigenvalue weighted by atomic mass is 9.96. The third kappa shape index (κ3) is 1.98. The Labute approximate surface area is 102 Å². The van der Waals surface area contributed by atoms with E-state index in [1.807, 2.05) is 13.0 Å². The zero-order chi connectivity index (χ0) is 12.6.